The number of carbonyl (C=O) groups is 4. The Labute approximate surface area is 358 Å². The van der Waals surface area contributed by atoms with Crippen molar-refractivity contribution in [3.63, 3.8) is 0 Å². The van der Waals surface area contributed by atoms with E-state index >= 15 is 0 Å². The number of alkyl halides is 2. The first-order valence-electron chi connectivity index (χ1n) is 22.1. The topological polar surface area (TPSA) is 177 Å². The van der Waals surface area contributed by atoms with Gasteiger partial charge in [-0.25, -0.2) is 18.3 Å². The normalized spacial score (nSPS) is 23.9. The number of Topliss-reactive ketones (excluding diaryl/α,β-unsaturated/α-hetero) is 1. The number of ether oxygens (including phenoxy) is 2. The number of nitrogens with one attached hydrogen (secondary N) is 3. The van der Waals surface area contributed by atoms with E-state index in [1.165, 1.54) is 10.7 Å². The zero-order valence-electron chi connectivity index (χ0n) is 34.8. The molecule has 2 unspecified atom stereocenters. The van der Waals surface area contributed by atoms with Crippen molar-refractivity contribution in [3.05, 3.63) is 65.2 Å². The number of fused-ring (bicyclic) bond motifs is 2. The lowest BCUT2D eigenvalue weighted by molar-refractivity contribution is -0.137. The van der Waals surface area contributed by atoms with E-state index in [0.29, 0.717) is 75.2 Å². The second-order valence-electron chi connectivity index (χ2n) is 17.3. The van der Waals surface area contributed by atoms with Gasteiger partial charge in [-0.05, 0) is 81.4 Å². The van der Waals surface area contributed by atoms with E-state index in [0.717, 1.165) is 75.8 Å². The summed E-state index contributed by atoms with van der Waals surface area (Å²) in [7, 11) is 0. The Morgan fingerprint density at radius 1 is 0.968 bits per heavy atom. The molecule has 3 N–H and O–H groups in total. The monoisotopic (exact) mass is 856 g/mol. The number of hydrogen-bond acceptors (Lipinski definition) is 12. The molecule has 5 aliphatic rings. The number of morpholine rings is 1. The zero-order valence-corrected chi connectivity index (χ0v) is 34.8. The van der Waals surface area contributed by atoms with Gasteiger partial charge in [0.1, 0.15) is 11.4 Å². The molecule has 6 heterocycles. The molecule has 0 spiro atoms. The van der Waals surface area contributed by atoms with Crippen LogP contribution in [-0.2, 0) is 25.5 Å². The van der Waals surface area contributed by atoms with Crippen molar-refractivity contribution in [2.75, 3.05) is 74.6 Å². The van der Waals surface area contributed by atoms with Crippen molar-refractivity contribution in [2.45, 2.75) is 82.8 Å². The smallest absolute Gasteiger partial charge is 0.284 e. The summed E-state index contributed by atoms with van der Waals surface area (Å²) in [6, 6.07) is 7.48. The van der Waals surface area contributed by atoms with E-state index in [4.69, 9.17) is 9.47 Å². The second-order valence-corrected chi connectivity index (χ2v) is 17.3. The number of piperidine rings is 2. The predicted molar refractivity (Wildman–Crippen MR) is 225 cm³/mol. The molecular formula is C44H54F2N10O6. The number of benzene rings is 1. The Balaban J connectivity index is 0.697. The van der Waals surface area contributed by atoms with Crippen LogP contribution in [0.2, 0.25) is 0 Å². The number of rotatable bonds is 14. The summed E-state index contributed by atoms with van der Waals surface area (Å²) < 4.78 is 43.3. The minimum absolute atomic E-state index is 0.00377. The Kier molecular flexibility index (Phi) is 12.6. The van der Waals surface area contributed by atoms with Crippen molar-refractivity contribution in [1.82, 2.24) is 34.6 Å². The summed E-state index contributed by atoms with van der Waals surface area (Å²) in [5.41, 5.74) is 2.61. The third-order valence-corrected chi connectivity index (χ3v) is 13.4. The minimum atomic E-state index is -2.85. The highest BCUT2D eigenvalue weighted by Crippen LogP contribution is 2.39. The van der Waals surface area contributed by atoms with Crippen molar-refractivity contribution in [2.24, 2.45) is 17.8 Å². The average molecular weight is 857 g/mol. The van der Waals surface area contributed by atoms with Crippen LogP contribution in [0, 0.1) is 17.8 Å². The maximum absolute atomic E-state index is 14.2. The number of ketones is 1. The largest absolute Gasteiger partial charge is 0.385 e. The van der Waals surface area contributed by atoms with Gasteiger partial charge in [-0.15, -0.1) is 0 Å². The quantitative estimate of drug-likeness (QED) is 0.114. The van der Waals surface area contributed by atoms with Crippen LogP contribution < -0.4 is 20.9 Å². The molecule has 9 rings (SSSR count). The van der Waals surface area contributed by atoms with E-state index in [1.54, 1.807) is 17.1 Å². The van der Waals surface area contributed by atoms with Crippen molar-refractivity contribution >= 4 is 46.3 Å². The van der Waals surface area contributed by atoms with Crippen LogP contribution in [-0.4, -0.2) is 118 Å². The Bertz CT molecular complexity index is 2280. The lowest BCUT2D eigenvalue weighted by Gasteiger charge is -2.36. The molecule has 3 aliphatic heterocycles. The number of hydrogen-bond donors (Lipinski definition) is 3. The SMILES string of the molecule is O=C1CCC(C2Cc3c(NCCCOC4CCN(CC5CCC(n6cc(NC(=O)c7cnn8ccc(N9CCOCC9)nc78)c(C(F)F)n6)CC5)CC4)cccc3C2=O)C(=O)N1. The Morgan fingerprint density at radius 3 is 2.55 bits per heavy atom. The van der Waals surface area contributed by atoms with Gasteiger partial charge in [-0.2, -0.15) is 10.2 Å². The fourth-order valence-corrected chi connectivity index (χ4v) is 9.92. The maximum Gasteiger partial charge on any atom is 0.284 e. The van der Waals surface area contributed by atoms with E-state index in [1.807, 2.05) is 24.3 Å². The molecule has 2 atom stereocenters. The fourth-order valence-electron chi connectivity index (χ4n) is 9.92. The molecule has 1 aromatic carbocycles. The van der Waals surface area contributed by atoms with Crippen LogP contribution in [0.4, 0.5) is 26.0 Å². The van der Waals surface area contributed by atoms with Crippen LogP contribution in [0.1, 0.15) is 102 Å². The van der Waals surface area contributed by atoms with Gasteiger partial charge in [0.05, 0.1) is 37.2 Å². The van der Waals surface area contributed by atoms with E-state index in [2.05, 4.69) is 40.9 Å². The summed E-state index contributed by atoms with van der Waals surface area (Å²) in [6.07, 6.45) is 9.53. The third kappa shape index (κ3) is 9.08. The lowest BCUT2D eigenvalue weighted by Crippen LogP contribution is -2.44. The average Bonchev–Trinajstić information content (AvgIpc) is 4.00. The first kappa shape index (κ1) is 42.0. The van der Waals surface area contributed by atoms with Crippen LogP contribution in [0.3, 0.4) is 0 Å². The summed E-state index contributed by atoms with van der Waals surface area (Å²) >= 11 is 0. The zero-order chi connectivity index (χ0) is 42.7. The first-order chi connectivity index (χ1) is 30.2. The summed E-state index contributed by atoms with van der Waals surface area (Å²) in [4.78, 5) is 60.1. The first-order valence-corrected chi connectivity index (χ1v) is 22.1. The van der Waals surface area contributed by atoms with Crippen molar-refractivity contribution in [1.29, 1.82) is 0 Å². The van der Waals surface area contributed by atoms with Crippen LogP contribution in [0.15, 0.2) is 42.9 Å². The molecule has 16 nitrogen and oxygen atoms in total. The van der Waals surface area contributed by atoms with Crippen LogP contribution in [0.5, 0.6) is 0 Å². The molecule has 3 aromatic heterocycles. The fraction of sp³-hybridized carbons (Fsp3) is 0.568. The van der Waals surface area contributed by atoms with Gasteiger partial charge in [0.2, 0.25) is 11.8 Å². The Hall–Kier alpha value is -5.33. The van der Waals surface area contributed by atoms with Gasteiger partial charge in [0.15, 0.2) is 17.1 Å². The molecule has 0 bridgehead atoms. The summed E-state index contributed by atoms with van der Waals surface area (Å²) in [5.74, 6) is -0.905. The van der Waals surface area contributed by atoms with Gasteiger partial charge in [-0.1, -0.05) is 12.1 Å². The van der Waals surface area contributed by atoms with Crippen molar-refractivity contribution < 1.29 is 37.4 Å². The number of amides is 3. The molecule has 3 saturated heterocycles. The summed E-state index contributed by atoms with van der Waals surface area (Å²) in [5, 5.41) is 17.1. The molecule has 0 radical (unpaired) electrons. The predicted octanol–water partition coefficient (Wildman–Crippen LogP) is 5.07. The van der Waals surface area contributed by atoms with E-state index < -0.39 is 29.9 Å². The van der Waals surface area contributed by atoms with Crippen LogP contribution >= 0.6 is 0 Å². The highest BCUT2D eigenvalue weighted by molar-refractivity contribution is 6.09. The molecule has 3 amide bonds. The Morgan fingerprint density at radius 2 is 1.77 bits per heavy atom. The summed E-state index contributed by atoms with van der Waals surface area (Å²) in [6.45, 7) is 6.81. The van der Waals surface area contributed by atoms with E-state index in [9.17, 15) is 28.0 Å². The van der Waals surface area contributed by atoms with E-state index in [-0.39, 0.29) is 47.4 Å². The highest BCUT2D eigenvalue weighted by atomic mass is 19.3. The number of aromatic nitrogens is 5. The van der Waals surface area contributed by atoms with Gasteiger partial charge >= 0.3 is 0 Å². The standard InChI is InChI=1S/C44H54F2N10O6/c45-41(46)39-36(49-44(60)34-24-48-55-17-13-37(50-42(34)55)54-18-21-61-22-19-54)26-56(52-39)28-7-5-27(6-8-28)25-53-15-11-29(12-16-53)62-20-2-14-47-35-4-1-3-30-32(35)23-33(40(30)58)31-9-10-38(57)51-43(31)59/h1,3-4,13,17,24,26-29,31,33,41,47H,2,5-12,14-16,18-23,25H2,(H,49,60)(H,51,57,59). The molecule has 1 saturated carbocycles. The third-order valence-electron chi connectivity index (χ3n) is 13.4. The number of halogens is 2. The molecule has 2 aliphatic carbocycles. The van der Waals surface area contributed by atoms with Gasteiger partial charge < -0.3 is 29.9 Å². The number of anilines is 3. The molecule has 18 heteroatoms. The molecule has 62 heavy (non-hydrogen) atoms. The van der Waals surface area contributed by atoms with Crippen molar-refractivity contribution in [3.8, 4) is 0 Å². The van der Waals surface area contributed by atoms with Gasteiger partial charge in [-0.3, -0.25) is 29.2 Å². The lowest BCUT2D eigenvalue weighted by atomic mass is 9.83. The molecule has 4 fully saturated rings. The van der Waals surface area contributed by atoms with Gasteiger partial charge in [0.25, 0.3) is 12.3 Å². The molecular weight excluding hydrogens is 803 g/mol. The van der Waals surface area contributed by atoms with Crippen LogP contribution in [0.25, 0.3) is 5.65 Å². The van der Waals surface area contributed by atoms with Gasteiger partial charge in [0, 0.05) is 87.8 Å². The molecule has 4 aromatic rings. The molecule has 330 valence electrons. The maximum atomic E-state index is 14.2. The second kappa shape index (κ2) is 18.6. The number of likely N-dealkylation sites (tertiary alicyclic amines) is 1. The number of carbonyl (C=O) groups excluding carboxylic acids is 4. The minimum Gasteiger partial charge on any atom is -0.385 e. The highest BCUT2D eigenvalue weighted by Gasteiger charge is 2.42. The number of imide groups is 1. The number of nitrogens with zero attached hydrogens (tertiary/aromatic N) is 7.